The Kier molecular flexibility index (Phi) is 4.88. The summed E-state index contributed by atoms with van der Waals surface area (Å²) in [5.74, 6) is -0.198. The van der Waals surface area contributed by atoms with E-state index in [1.807, 2.05) is 37.3 Å². The van der Waals surface area contributed by atoms with Gasteiger partial charge in [-0.15, -0.1) is 0 Å². The predicted octanol–water partition coefficient (Wildman–Crippen LogP) is 0.243. The minimum atomic E-state index is -0.816. The summed E-state index contributed by atoms with van der Waals surface area (Å²) in [6.07, 6.45) is -0.0422. The lowest BCUT2D eigenvalue weighted by atomic mass is 10.00. The van der Waals surface area contributed by atoms with Gasteiger partial charge in [-0.1, -0.05) is 30.3 Å². The molecule has 0 amide bonds. The molecule has 0 unspecified atom stereocenters. The number of ether oxygens (including phenoxy) is 2. The van der Waals surface area contributed by atoms with E-state index in [-0.39, 0.29) is 23.5 Å². The van der Waals surface area contributed by atoms with Gasteiger partial charge in [0.1, 0.15) is 6.10 Å². The highest BCUT2D eigenvalue weighted by atomic mass is 16.5. The highest BCUT2D eigenvalue weighted by Crippen LogP contribution is 2.35. The molecule has 1 aliphatic heterocycles. The number of hydrogen-bond donors (Lipinski definition) is 3. The molecule has 0 aliphatic carbocycles. The second kappa shape index (κ2) is 7.34. The smallest absolute Gasteiger partial charge is 0.304 e. The number of aromatic nitrogens is 4. The van der Waals surface area contributed by atoms with Crippen molar-refractivity contribution in [1.29, 1.82) is 0 Å². The molecular formula is C19H24N5O4+. The van der Waals surface area contributed by atoms with Crippen molar-refractivity contribution < 1.29 is 19.1 Å². The molecule has 2 aromatic heterocycles. The SMILES string of the molecule is C[C@H]1O[C@@H](n2c[n+](C)c3c(=O)[nH]c(N)nc32)[C@H](O)[C@@H]1COCc1ccccc1. The van der Waals surface area contributed by atoms with Crippen molar-refractivity contribution in [1.82, 2.24) is 14.5 Å². The van der Waals surface area contributed by atoms with Crippen molar-refractivity contribution in [2.75, 3.05) is 12.3 Å². The first-order valence-corrected chi connectivity index (χ1v) is 9.17. The normalized spacial score (nSPS) is 24.8. The van der Waals surface area contributed by atoms with Gasteiger partial charge < -0.3 is 20.3 Å². The number of rotatable bonds is 5. The third-order valence-electron chi connectivity index (χ3n) is 5.17. The van der Waals surface area contributed by atoms with Gasteiger partial charge in [0.15, 0.2) is 0 Å². The lowest BCUT2D eigenvalue weighted by Crippen LogP contribution is -2.32. The zero-order valence-corrected chi connectivity index (χ0v) is 15.8. The van der Waals surface area contributed by atoms with Gasteiger partial charge in [0.2, 0.25) is 18.5 Å². The summed E-state index contributed by atoms with van der Waals surface area (Å²) in [6, 6.07) is 9.86. The molecule has 0 spiro atoms. The van der Waals surface area contributed by atoms with Crippen LogP contribution in [0.1, 0.15) is 18.7 Å². The molecule has 9 nitrogen and oxygen atoms in total. The van der Waals surface area contributed by atoms with Crippen LogP contribution in [0.4, 0.5) is 5.95 Å². The van der Waals surface area contributed by atoms with Crippen molar-refractivity contribution in [3.05, 3.63) is 52.6 Å². The average molecular weight is 386 g/mol. The maximum atomic E-state index is 12.2. The van der Waals surface area contributed by atoms with Crippen molar-refractivity contribution in [2.24, 2.45) is 13.0 Å². The van der Waals surface area contributed by atoms with Gasteiger partial charge in [-0.25, -0.2) is 4.57 Å². The summed E-state index contributed by atoms with van der Waals surface area (Å²) < 4.78 is 15.1. The van der Waals surface area contributed by atoms with Crippen LogP contribution in [0, 0.1) is 5.92 Å². The van der Waals surface area contributed by atoms with Gasteiger partial charge in [-0.3, -0.25) is 9.78 Å². The van der Waals surface area contributed by atoms with Gasteiger partial charge in [-0.05, 0) is 12.5 Å². The Hall–Kier alpha value is -2.75. The second-order valence-corrected chi connectivity index (χ2v) is 7.14. The monoisotopic (exact) mass is 386 g/mol. The van der Waals surface area contributed by atoms with Gasteiger partial charge in [0.25, 0.3) is 11.2 Å². The van der Waals surface area contributed by atoms with E-state index >= 15 is 0 Å². The third-order valence-corrected chi connectivity index (χ3v) is 5.17. The predicted molar refractivity (Wildman–Crippen MR) is 101 cm³/mol. The topological polar surface area (TPSA) is 119 Å². The van der Waals surface area contributed by atoms with Crippen LogP contribution in [0.3, 0.4) is 0 Å². The van der Waals surface area contributed by atoms with E-state index in [0.29, 0.717) is 24.4 Å². The molecule has 4 rings (SSSR count). The number of nitrogens with zero attached hydrogens (tertiary/aromatic N) is 3. The zero-order valence-electron chi connectivity index (χ0n) is 15.8. The average Bonchev–Trinajstić information content (AvgIpc) is 3.13. The van der Waals surface area contributed by atoms with E-state index in [0.717, 1.165) is 5.56 Å². The number of nitrogens with one attached hydrogen (secondary N) is 1. The van der Waals surface area contributed by atoms with Crippen LogP contribution in [0.2, 0.25) is 0 Å². The van der Waals surface area contributed by atoms with Gasteiger partial charge >= 0.3 is 5.56 Å². The first-order valence-electron chi connectivity index (χ1n) is 9.17. The van der Waals surface area contributed by atoms with Crippen molar-refractivity contribution in [3.8, 4) is 0 Å². The summed E-state index contributed by atoms with van der Waals surface area (Å²) in [5.41, 5.74) is 7.16. The van der Waals surface area contributed by atoms with Crippen LogP contribution in [-0.4, -0.2) is 38.5 Å². The quantitative estimate of drug-likeness (QED) is 0.541. The Morgan fingerprint density at radius 3 is 2.89 bits per heavy atom. The van der Waals surface area contributed by atoms with Crippen LogP contribution < -0.4 is 15.9 Å². The van der Waals surface area contributed by atoms with E-state index in [1.165, 1.54) is 0 Å². The molecule has 1 aliphatic rings. The Morgan fingerprint density at radius 1 is 1.39 bits per heavy atom. The first-order chi connectivity index (χ1) is 13.5. The second-order valence-electron chi connectivity index (χ2n) is 7.14. The van der Waals surface area contributed by atoms with Crippen LogP contribution in [0.15, 0.2) is 41.5 Å². The summed E-state index contributed by atoms with van der Waals surface area (Å²) in [5, 5.41) is 10.9. The Balaban J connectivity index is 1.54. The molecule has 3 aromatic rings. The Morgan fingerprint density at radius 2 is 2.14 bits per heavy atom. The van der Waals surface area contributed by atoms with Crippen LogP contribution in [0.25, 0.3) is 11.2 Å². The standard InChI is InChI=1S/C19H23N5O4/c1-11-13(9-27-8-12-6-4-3-5-7-12)15(25)18(28-11)24-10-23(2)14-16(24)21-19(20)22-17(14)26/h3-7,10-11,13,15,18,25H,8-9H2,1-2H3,(H2-,20,21,22,26)/p+1/t11-,13-,15-,18-/m1/s1. The largest absolute Gasteiger partial charge is 0.386 e. The van der Waals surface area contributed by atoms with Gasteiger partial charge in [0.05, 0.1) is 26.4 Å². The molecule has 1 aromatic carbocycles. The van der Waals surface area contributed by atoms with Crippen LogP contribution >= 0.6 is 0 Å². The lowest BCUT2D eigenvalue weighted by Gasteiger charge is -2.17. The lowest BCUT2D eigenvalue weighted by molar-refractivity contribution is -0.646. The fraction of sp³-hybridized carbons (Fsp3) is 0.421. The molecule has 4 atom stereocenters. The summed E-state index contributed by atoms with van der Waals surface area (Å²) in [7, 11) is 1.73. The summed E-state index contributed by atoms with van der Waals surface area (Å²) in [4.78, 5) is 18.9. The number of aromatic amines is 1. The minimum Gasteiger partial charge on any atom is -0.386 e. The van der Waals surface area contributed by atoms with Crippen molar-refractivity contribution in [2.45, 2.75) is 32.0 Å². The van der Waals surface area contributed by atoms with Crippen LogP contribution in [-0.2, 0) is 23.1 Å². The number of H-pyrrole nitrogens is 1. The maximum absolute atomic E-state index is 12.2. The number of aliphatic hydroxyl groups excluding tert-OH is 1. The number of hydrogen-bond acceptors (Lipinski definition) is 6. The van der Waals surface area contributed by atoms with E-state index in [2.05, 4.69) is 9.97 Å². The number of nitrogen functional groups attached to an aromatic ring is 1. The number of aliphatic hydroxyl groups is 1. The van der Waals surface area contributed by atoms with E-state index in [1.54, 1.807) is 22.5 Å². The number of anilines is 1. The fourth-order valence-electron chi connectivity index (χ4n) is 3.70. The summed E-state index contributed by atoms with van der Waals surface area (Å²) >= 11 is 0. The Bertz CT molecular complexity index is 1030. The highest BCUT2D eigenvalue weighted by Gasteiger charge is 2.46. The fourth-order valence-corrected chi connectivity index (χ4v) is 3.70. The molecule has 0 saturated carbocycles. The first kappa shape index (κ1) is 18.6. The minimum absolute atomic E-state index is 0.0146. The van der Waals surface area contributed by atoms with Gasteiger partial charge in [0, 0.05) is 5.92 Å². The molecule has 148 valence electrons. The molecule has 4 N–H and O–H groups in total. The van der Waals surface area contributed by atoms with Crippen molar-refractivity contribution >= 4 is 17.1 Å². The molecule has 28 heavy (non-hydrogen) atoms. The maximum Gasteiger partial charge on any atom is 0.304 e. The van der Waals surface area contributed by atoms with Crippen molar-refractivity contribution in [3.63, 3.8) is 0 Å². The van der Waals surface area contributed by atoms with Crippen LogP contribution in [0.5, 0.6) is 0 Å². The molecule has 0 radical (unpaired) electrons. The molecule has 9 heteroatoms. The van der Waals surface area contributed by atoms with Gasteiger partial charge in [-0.2, -0.15) is 9.55 Å². The molecular weight excluding hydrogens is 362 g/mol. The summed E-state index contributed by atoms with van der Waals surface area (Å²) in [6.45, 7) is 2.73. The molecule has 1 saturated heterocycles. The highest BCUT2D eigenvalue weighted by molar-refractivity contribution is 5.66. The number of imidazole rings is 1. The van der Waals surface area contributed by atoms with E-state index < -0.39 is 12.3 Å². The number of fused-ring (bicyclic) bond motifs is 1. The molecule has 3 heterocycles. The number of benzene rings is 1. The zero-order chi connectivity index (χ0) is 19.8. The molecule has 1 fully saturated rings. The van der Waals surface area contributed by atoms with E-state index in [9.17, 15) is 9.90 Å². The molecule has 0 bridgehead atoms. The number of nitrogens with two attached hydrogens (primary N) is 1. The third kappa shape index (κ3) is 3.28. The Labute approximate surface area is 161 Å². The van der Waals surface area contributed by atoms with E-state index in [4.69, 9.17) is 15.2 Å². The number of aryl methyl sites for hydroxylation is 1.